The number of para-hydroxylation sites is 2. The van der Waals surface area contributed by atoms with Crippen molar-refractivity contribution in [2.24, 2.45) is 0 Å². The van der Waals surface area contributed by atoms with Crippen molar-refractivity contribution in [3.8, 4) is 11.5 Å². The molecule has 4 nitrogen and oxygen atoms in total. The Morgan fingerprint density at radius 2 is 2.24 bits per heavy atom. The first-order valence-electron chi connectivity index (χ1n) is 5.63. The SMILES string of the molecule is O=C(CC1=CCCNC1)Oc1ccccc1O. The maximum atomic E-state index is 11.6. The molecule has 4 heteroatoms. The zero-order valence-electron chi connectivity index (χ0n) is 9.48. The summed E-state index contributed by atoms with van der Waals surface area (Å²) in [7, 11) is 0. The highest BCUT2D eigenvalue weighted by atomic mass is 16.5. The fourth-order valence-corrected chi connectivity index (χ4v) is 1.72. The van der Waals surface area contributed by atoms with Crippen molar-refractivity contribution in [1.29, 1.82) is 0 Å². The van der Waals surface area contributed by atoms with Gasteiger partial charge in [-0.15, -0.1) is 0 Å². The maximum Gasteiger partial charge on any atom is 0.315 e. The average Bonchev–Trinajstić information content (AvgIpc) is 2.33. The molecule has 90 valence electrons. The third-order valence-corrected chi connectivity index (χ3v) is 2.57. The Hall–Kier alpha value is -1.81. The van der Waals surface area contributed by atoms with Crippen molar-refractivity contribution in [2.75, 3.05) is 13.1 Å². The molecule has 0 atom stereocenters. The minimum absolute atomic E-state index is 0.0170. The minimum Gasteiger partial charge on any atom is -0.504 e. The number of nitrogens with one attached hydrogen (secondary N) is 1. The highest BCUT2D eigenvalue weighted by Crippen LogP contribution is 2.25. The van der Waals surface area contributed by atoms with Crippen LogP contribution in [0.5, 0.6) is 11.5 Å². The predicted octanol–water partition coefficient (Wildman–Crippen LogP) is 1.61. The van der Waals surface area contributed by atoms with Gasteiger partial charge in [0.05, 0.1) is 6.42 Å². The molecule has 1 heterocycles. The van der Waals surface area contributed by atoms with Gasteiger partial charge in [-0.3, -0.25) is 4.79 Å². The standard InChI is InChI=1S/C13H15NO3/c15-11-5-1-2-6-12(11)17-13(16)8-10-4-3-7-14-9-10/h1-2,4-6,14-15H,3,7-9H2. The first kappa shape index (κ1) is 11.7. The summed E-state index contributed by atoms with van der Waals surface area (Å²) in [5.41, 5.74) is 1.04. The number of rotatable bonds is 3. The van der Waals surface area contributed by atoms with E-state index in [9.17, 15) is 9.90 Å². The lowest BCUT2D eigenvalue weighted by Gasteiger charge is -2.13. The fraction of sp³-hybridized carbons (Fsp3) is 0.308. The molecule has 0 unspecified atom stereocenters. The van der Waals surface area contributed by atoms with E-state index in [1.165, 1.54) is 6.07 Å². The third kappa shape index (κ3) is 3.32. The molecule has 0 fully saturated rings. The van der Waals surface area contributed by atoms with Gasteiger partial charge < -0.3 is 15.2 Å². The van der Waals surface area contributed by atoms with Crippen LogP contribution < -0.4 is 10.1 Å². The Labute approximate surface area is 99.9 Å². The highest BCUT2D eigenvalue weighted by molar-refractivity contribution is 5.75. The van der Waals surface area contributed by atoms with Gasteiger partial charge in [-0.1, -0.05) is 18.2 Å². The van der Waals surface area contributed by atoms with Gasteiger partial charge in [-0.25, -0.2) is 0 Å². The predicted molar refractivity (Wildman–Crippen MR) is 63.9 cm³/mol. The normalized spacial score (nSPS) is 15.2. The number of phenols is 1. The van der Waals surface area contributed by atoms with Crippen LogP contribution in [0.2, 0.25) is 0 Å². The molecule has 0 saturated heterocycles. The summed E-state index contributed by atoms with van der Waals surface area (Å²) in [6, 6.07) is 6.45. The molecule has 1 aromatic carbocycles. The Bertz CT molecular complexity index is 440. The van der Waals surface area contributed by atoms with Gasteiger partial charge in [-0.2, -0.15) is 0 Å². The summed E-state index contributed by atoms with van der Waals surface area (Å²) in [4.78, 5) is 11.6. The van der Waals surface area contributed by atoms with E-state index < -0.39 is 0 Å². The molecule has 1 aliphatic heterocycles. The molecule has 0 aromatic heterocycles. The van der Waals surface area contributed by atoms with Crippen molar-refractivity contribution in [1.82, 2.24) is 5.32 Å². The van der Waals surface area contributed by atoms with Crippen LogP contribution in [-0.4, -0.2) is 24.2 Å². The van der Waals surface area contributed by atoms with Crippen molar-refractivity contribution in [2.45, 2.75) is 12.8 Å². The molecular formula is C13H15NO3. The molecule has 0 bridgehead atoms. The van der Waals surface area contributed by atoms with Crippen LogP contribution >= 0.6 is 0 Å². The number of hydrogen-bond donors (Lipinski definition) is 2. The van der Waals surface area contributed by atoms with Crippen molar-refractivity contribution >= 4 is 5.97 Å². The summed E-state index contributed by atoms with van der Waals surface area (Å²) in [5.74, 6) is -0.153. The van der Waals surface area contributed by atoms with Gasteiger partial charge in [0.1, 0.15) is 0 Å². The molecule has 1 aromatic rings. The molecule has 0 radical (unpaired) electrons. The molecule has 0 spiro atoms. The van der Waals surface area contributed by atoms with Gasteiger partial charge in [0.25, 0.3) is 0 Å². The van der Waals surface area contributed by atoms with Crippen LogP contribution in [0.25, 0.3) is 0 Å². The second kappa shape index (κ2) is 5.50. The number of esters is 1. The van der Waals surface area contributed by atoms with Gasteiger partial charge in [0, 0.05) is 6.54 Å². The molecule has 1 aliphatic rings. The number of benzene rings is 1. The van der Waals surface area contributed by atoms with Crippen molar-refractivity contribution in [3.05, 3.63) is 35.9 Å². The van der Waals surface area contributed by atoms with Crippen LogP contribution in [0.4, 0.5) is 0 Å². The second-order valence-corrected chi connectivity index (χ2v) is 3.95. The van der Waals surface area contributed by atoms with Gasteiger partial charge in [0.15, 0.2) is 11.5 Å². The number of phenolic OH excluding ortho intramolecular Hbond substituents is 1. The average molecular weight is 233 g/mol. The molecule has 0 saturated carbocycles. The first-order valence-corrected chi connectivity index (χ1v) is 5.63. The zero-order valence-corrected chi connectivity index (χ0v) is 9.48. The Kier molecular flexibility index (Phi) is 3.77. The monoisotopic (exact) mass is 233 g/mol. The Morgan fingerprint density at radius 1 is 1.41 bits per heavy atom. The van der Waals surface area contributed by atoms with Gasteiger partial charge >= 0.3 is 5.97 Å². The lowest BCUT2D eigenvalue weighted by molar-refractivity contribution is -0.133. The van der Waals surface area contributed by atoms with E-state index in [-0.39, 0.29) is 23.9 Å². The van der Waals surface area contributed by atoms with E-state index >= 15 is 0 Å². The van der Waals surface area contributed by atoms with Crippen molar-refractivity contribution < 1.29 is 14.6 Å². The lowest BCUT2D eigenvalue weighted by atomic mass is 10.1. The highest BCUT2D eigenvalue weighted by Gasteiger charge is 2.12. The lowest BCUT2D eigenvalue weighted by Crippen LogP contribution is -2.24. The topological polar surface area (TPSA) is 58.6 Å². The molecule has 0 aliphatic carbocycles. The zero-order chi connectivity index (χ0) is 12.1. The molecule has 2 N–H and O–H groups in total. The van der Waals surface area contributed by atoms with Crippen LogP contribution in [0.3, 0.4) is 0 Å². The van der Waals surface area contributed by atoms with Crippen molar-refractivity contribution in [3.63, 3.8) is 0 Å². The third-order valence-electron chi connectivity index (χ3n) is 2.57. The molecular weight excluding hydrogens is 218 g/mol. The van der Waals surface area contributed by atoms with E-state index in [0.29, 0.717) is 0 Å². The second-order valence-electron chi connectivity index (χ2n) is 3.95. The number of carbonyl (C=O) groups is 1. The van der Waals surface area contributed by atoms with Crippen LogP contribution in [-0.2, 0) is 4.79 Å². The Balaban J connectivity index is 1.93. The number of hydrogen-bond acceptors (Lipinski definition) is 4. The van der Waals surface area contributed by atoms with Crippen LogP contribution in [0.1, 0.15) is 12.8 Å². The quantitative estimate of drug-likeness (QED) is 0.473. The van der Waals surface area contributed by atoms with E-state index in [1.807, 2.05) is 0 Å². The van der Waals surface area contributed by atoms with E-state index in [1.54, 1.807) is 18.2 Å². The summed E-state index contributed by atoms with van der Waals surface area (Å²) < 4.78 is 5.09. The number of carbonyl (C=O) groups excluding carboxylic acids is 1. The number of aromatic hydroxyl groups is 1. The molecule has 2 rings (SSSR count). The summed E-state index contributed by atoms with van der Waals surface area (Å²) in [6.07, 6.45) is 3.27. The Morgan fingerprint density at radius 3 is 2.94 bits per heavy atom. The van der Waals surface area contributed by atoms with Gasteiger partial charge in [0.2, 0.25) is 0 Å². The molecule has 17 heavy (non-hydrogen) atoms. The van der Waals surface area contributed by atoms with Crippen LogP contribution in [0.15, 0.2) is 35.9 Å². The molecule has 0 amide bonds. The summed E-state index contributed by atoms with van der Waals surface area (Å²) in [6.45, 7) is 1.69. The number of ether oxygens (including phenoxy) is 1. The summed E-state index contributed by atoms with van der Waals surface area (Å²) >= 11 is 0. The first-order chi connectivity index (χ1) is 8.25. The smallest absolute Gasteiger partial charge is 0.315 e. The largest absolute Gasteiger partial charge is 0.504 e. The van der Waals surface area contributed by atoms with Gasteiger partial charge in [-0.05, 0) is 30.7 Å². The fourth-order valence-electron chi connectivity index (χ4n) is 1.72. The van der Waals surface area contributed by atoms with Crippen LogP contribution in [0, 0.1) is 0 Å². The van der Waals surface area contributed by atoms with E-state index in [0.717, 1.165) is 25.1 Å². The van der Waals surface area contributed by atoms with E-state index in [4.69, 9.17) is 4.74 Å². The van der Waals surface area contributed by atoms with E-state index in [2.05, 4.69) is 11.4 Å². The summed E-state index contributed by atoms with van der Waals surface area (Å²) in [5, 5.41) is 12.7. The maximum absolute atomic E-state index is 11.6. The minimum atomic E-state index is -0.346.